The van der Waals surface area contributed by atoms with Gasteiger partial charge in [-0.25, -0.2) is 0 Å². The van der Waals surface area contributed by atoms with Gasteiger partial charge in [0.1, 0.15) is 5.78 Å². The van der Waals surface area contributed by atoms with E-state index in [1.807, 2.05) is 0 Å². The quantitative estimate of drug-likeness (QED) is 0.612. The van der Waals surface area contributed by atoms with E-state index in [2.05, 4.69) is 0 Å². The van der Waals surface area contributed by atoms with Gasteiger partial charge in [-0.15, -0.1) is 0 Å². The lowest BCUT2D eigenvalue weighted by Crippen LogP contribution is -2.22. The summed E-state index contributed by atoms with van der Waals surface area (Å²) in [4.78, 5) is 11.7. The zero-order chi connectivity index (χ0) is 8.13. The lowest BCUT2D eigenvalue weighted by Gasteiger charge is -2.19. The minimum Gasteiger partial charge on any atom is -0.299 e. The van der Waals surface area contributed by atoms with Crippen LogP contribution in [-0.4, -0.2) is 5.78 Å². The monoisotopic (exact) mass is 164 g/mol. The molecule has 0 aromatic rings. The van der Waals surface area contributed by atoms with Gasteiger partial charge in [0, 0.05) is 11.8 Å². The molecular formula is C11H16O. The Morgan fingerprint density at radius 1 is 1.17 bits per heavy atom. The number of hydrogen-bond donors (Lipinski definition) is 0. The normalized spacial score (nSPS) is 45.7. The van der Waals surface area contributed by atoms with Crippen LogP contribution >= 0.6 is 0 Å². The summed E-state index contributed by atoms with van der Waals surface area (Å²) in [5.41, 5.74) is 0. The third-order valence-electron chi connectivity index (χ3n) is 4.09. The smallest absolute Gasteiger partial charge is 0.139 e. The van der Waals surface area contributed by atoms with Gasteiger partial charge < -0.3 is 0 Å². The van der Waals surface area contributed by atoms with Gasteiger partial charge in [-0.2, -0.15) is 0 Å². The zero-order valence-electron chi connectivity index (χ0n) is 7.46. The van der Waals surface area contributed by atoms with Crippen LogP contribution < -0.4 is 0 Å². The fraction of sp³-hybridized carbons (Fsp3) is 0.909. The van der Waals surface area contributed by atoms with E-state index in [1.165, 1.54) is 38.5 Å². The fourth-order valence-electron chi connectivity index (χ4n) is 3.20. The van der Waals surface area contributed by atoms with Gasteiger partial charge in [0.05, 0.1) is 0 Å². The molecule has 3 saturated carbocycles. The molecule has 12 heavy (non-hydrogen) atoms. The second kappa shape index (κ2) is 2.34. The molecule has 3 atom stereocenters. The molecule has 3 aliphatic carbocycles. The maximum atomic E-state index is 11.7. The fourth-order valence-corrected chi connectivity index (χ4v) is 3.20. The summed E-state index contributed by atoms with van der Waals surface area (Å²) in [5.74, 6) is 3.40. The average Bonchev–Trinajstić information content (AvgIpc) is 2.67. The summed E-state index contributed by atoms with van der Waals surface area (Å²) in [7, 11) is 0. The summed E-state index contributed by atoms with van der Waals surface area (Å²) in [6, 6.07) is 0. The molecule has 3 aliphatic rings. The van der Waals surface area contributed by atoms with Gasteiger partial charge in [-0.05, 0) is 37.5 Å². The molecule has 1 nitrogen and oxygen atoms in total. The largest absolute Gasteiger partial charge is 0.299 e. The van der Waals surface area contributed by atoms with E-state index in [9.17, 15) is 4.79 Å². The highest BCUT2D eigenvalue weighted by molar-refractivity contribution is 5.86. The maximum Gasteiger partial charge on any atom is 0.139 e. The molecule has 2 bridgehead atoms. The number of hydrogen-bond acceptors (Lipinski definition) is 1. The van der Waals surface area contributed by atoms with Gasteiger partial charge >= 0.3 is 0 Å². The Balaban J connectivity index is 1.72. The van der Waals surface area contributed by atoms with E-state index in [4.69, 9.17) is 0 Å². The van der Waals surface area contributed by atoms with Crippen molar-refractivity contribution in [3.63, 3.8) is 0 Å². The van der Waals surface area contributed by atoms with Gasteiger partial charge in [0.2, 0.25) is 0 Å². The Bertz CT molecular complexity index is 217. The third kappa shape index (κ3) is 0.949. The number of fused-ring (bicyclic) bond motifs is 2. The number of carbonyl (C=O) groups excluding carboxylic acids is 1. The van der Waals surface area contributed by atoms with E-state index in [1.54, 1.807) is 0 Å². The molecule has 0 saturated heterocycles. The van der Waals surface area contributed by atoms with E-state index in [0.717, 1.165) is 11.8 Å². The minimum absolute atomic E-state index is 0.499. The molecule has 0 N–H and O–H groups in total. The topological polar surface area (TPSA) is 17.1 Å². The summed E-state index contributed by atoms with van der Waals surface area (Å²) < 4.78 is 0. The Morgan fingerprint density at radius 3 is 2.58 bits per heavy atom. The molecule has 0 radical (unpaired) electrons. The summed E-state index contributed by atoms with van der Waals surface area (Å²) in [6.07, 6.45) is 7.87. The first kappa shape index (κ1) is 7.11. The van der Waals surface area contributed by atoms with Gasteiger partial charge in [0.15, 0.2) is 0 Å². The van der Waals surface area contributed by atoms with Crippen LogP contribution in [0.3, 0.4) is 0 Å². The predicted octanol–water partition coefficient (Wildman–Crippen LogP) is 2.40. The number of Topliss-reactive ketones (excluding diaryl/α,β-unsaturated/α-hetero) is 1. The van der Waals surface area contributed by atoms with Crippen LogP contribution in [0.2, 0.25) is 0 Å². The molecule has 0 aromatic carbocycles. The second-order valence-corrected chi connectivity index (χ2v) is 4.96. The summed E-state index contributed by atoms with van der Waals surface area (Å²) >= 11 is 0. The van der Waals surface area contributed by atoms with Crippen molar-refractivity contribution in [3.05, 3.63) is 0 Å². The first-order valence-electron chi connectivity index (χ1n) is 5.38. The van der Waals surface area contributed by atoms with Crippen molar-refractivity contribution in [2.75, 3.05) is 0 Å². The highest BCUT2D eigenvalue weighted by atomic mass is 16.1. The van der Waals surface area contributed by atoms with Crippen LogP contribution in [0.5, 0.6) is 0 Å². The lowest BCUT2D eigenvalue weighted by molar-refractivity contribution is -0.126. The molecule has 0 aromatic heterocycles. The highest BCUT2D eigenvalue weighted by Crippen LogP contribution is 2.50. The van der Waals surface area contributed by atoms with Crippen LogP contribution in [0.25, 0.3) is 0 Å². The van der Waals surface area contributed by atoms with Crippen molar-refractivity contribution in [1.29, 1.82) is 0 Å². The standard InChI is InChI=1S/C11H16O/c12-11-9-4-3-8(6-9)10(11)5-7-1-2-7/h7-10H,1-6H2. The molecule has 3 unspecified atom stereocenters. The van der Waals surface area contributed by atoms with Gasteiger partial charge in [-0.1, -0.05) is 12.8 Å². The molecule has 66 valence electrons. The molecule has 0 spiro atoms. The Labute approximate surface area is 73.5 Å². The minimum atomic E-state index is 0.499. The van der Waals surface area contributed by atoms with E-state index in [0.29, 0.717) is 17.6 Å². The Morgan fingerprint density at radius 2 is 2.00 bits per heavy atom. The van der Waals surface area contributed by atoms with E-state index in [-0.39, 0.29) is 0 Å². The van der Waals surface area contributed by atoms with Crippen LogP contribution in [0.15, 0.2) is 0 Å². The highest BCUT2D eigenvalue weighted by Gasteiger charge is 2.47. The Hall–Kier alpha value is -0.330. The van der Waals surface area contributed by atoms with Crippen molar-refractivity contribution in [2.45, 2.75) is 38.5 Å². The van der Waals surface area contributed by atoms with Crippen LogP contribution in [-0.2, 0) is 4.79 Å². The SMILES string of the molecule is O=C1C2CCC(C2)C1CC1CC1. The molecule has 1 heteroatoms. The lowest BCUT2D eigenvalue weighted by atomic mass is 9.84. The second-order valence-electron chi connectivity index (χ2n) is 4.96. The molecule has 0 amide bonds. The van der Waals surface area contributed by atoms with E-state index < -0.39 is 0 Å². The molecule has 0 heterocycles. The van der Waals surface area contributed by atoms with Crippen molar-refractivity contribution in [3.8, 4) is 0 Å². The van der Waals surface area contributed by atoms with Crippen molar-refractivity contribution in [1.82, 2.24) is 0 Å². The first-order chi connectivity index (χ1) is 5.84. The predicted molar refractivity (Wildman–Crippen MR) is 46.7 cm³/mol. The number of rotatable bonds is 2. The maximum absolute atomic E-state index is 11.7. The number of ketones is 1. The zero-order valence-corrected chi connectivity index (χ0v) is 7.46. The Kier molecular flexibility index (Phi) is 1.38. The van der Waals surface area contributed by atoms with E-state index >= 15 is 0 Å². The molecule has 3 fully saturated rings. The third-order valence-corrected chi connectivity index (χ3v) is 4.09. The number of carbonyl (C=O) groups is 1. The molecule has 3 rings (SSSR count). The van der Waals surface area contributed by atoms with Crippen LogP contribution in [0.4, 0.5) is 0 Å². The molecule has 0 aliphatic heterocycles. The van der Waals surface area contributed by atoms with Crippen molar-refractivity contribution in [2.24, 2.45) is 23.7 Å². The summed E-state index contributed by atoms with van der Waals surface area (Å²) in [5, 5.41) is 0. The van der Waals surface area contributed by atoms with Crippen LogP contribution in [0, 0.1) is 23.7 Å². The first-order valence-corrected chi connectivity index (χ1v) is 5.38. The van der Waals surface area contributed by atoms with Crippen molar-refractivity contribution < 1.29 is 4.79 Å². The summed E-state index contributed by atoms with van der Waals surface area (Å²) in [6.45, 7) is 0. The van der Waals surface area contributed by atoms with Crippen molar-refractivity contribution >= 4 is 5.78 Å². The average molecular weight is 164 g/mol. The van der Waals surface area contributed by atoms with Gasteiger partial charge in [-0.3, -0.25) is 4.79 Å². The molecular weight excluding hydrogens is 148 g/mol. The van der Waals surface area contributed by atoms with Gasteiger partial charge in [0.25, 0.3) is 0 Å². The van der Waals surface area contributed by atoms with Crippen LogP contribution in [0.1, 0.15) is 38.5 Å².